The highest BCUT2D eigenvalue weighted by Gasteiger charge is 2.39. The molecule has 4 rings (SSSR count). The Balaban J connectivity index is 1.44. The minimum Gasteiger partial charge on any atom is -0.336 e. The second-order valence-electron chi connectivity index (χ2n) is 8.42. The van der Waals surface area contributed by atoms with Gasteiger partial charge in [0.1, 0.15) is 0 Å². The molecule has 1 aromatic rings. The maximum absolute atomic E-state index is 13.3. The molecule has 2 saturated carbocycles. The molecule has 1 saturated heterocycles. The van der Waals surface area contributed by atoms with Crippen LogP contribution < -0.4 is 5.32 Å². The van der Waals surface area contributed by atoms with Gasteiger partial charge in [-0.1, -0.05) is 13.0 Å². The van der Waals surface area contributed by atoms with E-state index in [1.54, 1.807) is 0 Å². The average molecular weight is 357 g/mol. The van der Waals surface area contributed by atoms with Gasteiger partial charge < -0.3 is 10.2 Å². The highest BCUT2D eigenvalue weighted by Crippen LogP contribution is 2.35. The van der Waals surface area contributed by atoms with E-state index in [1.165, 1.54) is 44.1 Å². The van der Waals surface area contributed by atoms with E-state index in [0.717, 1.165) is 25.6 Å². The first-order valence-corrected chi connectivity index (χ1v) is 10.4. The standard InChI is InChI=1S/C21H32N4O/c1-16-4-6-18(7-5-16)25(19-8-9-19)21(26)15-24-12-11-23-14-20(24)17-3-2-10-22-13-17/h2-3,10,13,16,18-20,23H,4-9,11-12,14-15H2,1H3. The first-order chi connectivity index (χ1) is 12.7. The van der Waals surface area contributed by atoms with Crippen LogP contribution in [0.1, 0.15) is 57.1 Å². The van der Waals surface area contributed by atoms with E-state index >= 15 is 0 Å². The summed E-state index contributed by atoms with van der Waals surface area (Å²) in [4.78, 5) is 22.2. The first kappa shape index (κ1) is 17.9. The lowest BCUT2D eigenvalue weighted by atomic mass is 9.86. The second kappa shape index (κ2) is 8.05. The van der Waals surface area contributed by atoms with Crippen molar-refractivity contribution in [3.05, 3.63) is 30.1 Å². The molecule has 142 valence electrons. The van der Waals surface area contributed by atoms with Crippen LogP contribution in [-0.2, 0) is 4.79 Å². The molecule has 3 fully saturated rings. The van der Waals surface area contributed by atoms with Crippen molar-refractivity contribution in [2.45, 2.75) is 63.6 Å². The number of carbonyl (C=O) groups excluding carboxylic acids is 1. The van der Waals surface area contributed by atoms with Crippen LogP contribution in [0.25, 0.3) is 0 Å². The number of nitrogens with one attached hydrogen (secondary N) is 1. The van der Waals surface area contributed by atoms with Crippen molar-refractivity contribution in [2.24, 2.45) is 5.92 Å². The molecule has 3 aliphatic rings. The van der Waals surface area contributed by atoms with Crippen LogP contribution in [0.2, 0.25) is 0 Å². The van der Waals surface area contributed by atoms with Crippen LogP contribution in [0, 0.1) is 5.92 Å². The zero-order valence-corrected chi connectivity index (χ0v) is 15.9. The summed E-state index contributed by atoms with van der Waals surface area (Å²) < 4.78 is 0. The van der Waals surface area contributed by atoms with Crippen LogP contribution >= 0.6 is 0 Å². The van der Waals surface area contributed by atoms with Gasteiger partial charge in [-0.3, -0.25) is 14.7 Å². The van der Waals surface area contributed by atoms with E-state index in [9.17, 15) is 4.79 Å². The predicted octanol–water partition coefficient (Wildman–Crippen LogP) is 2.60. The molecular weight excluding hydrogens is 324 g/mol. The fraction of sp³-hybridized carbons (Fsp3) is 0.714. The predicted molar refractivity (Wildman–Crippen MR) is 103 cm³/mol. The third kappa shape index (κ3) is 4.09. The SMILES string of the molecule is CC1CCC(N(C(=O)CN2CCNCC2c2cccnc2)C2CC2)CC1. The van der Waals surface area contributed by atoms with Crippen LogP contribution in [0.4, 0.5) is 0 Å². The van der Waals surface area contributed by atoms with E-state index in [2.05, 4.69) is 33.1 Å². The van der Waals surface area contributed by atoms with Crippen molar-refractivity contribution in [3.63, 3.8) is 0 Å². The molecule has 2 heterocycles. The molecule has 2 aliphatic carbocycles. The number of carbonyl (C=O) groups is 1. The van der Waals surface area contributed by atoms with Gasteiger partial charge in [-0.15, -0.1) is 0 Å². The summed E-state index contributed by atoms with van der Waals surface area (Å²) in [6, 6.07) is 5.35. The molecule has 1 amide bonds. The van der Waals surface area contributed by atoms with E-state index in [-0.39, 0.29) is 6.04 Å². The minimum absolute atomic E-state index is 0.244. The lowest BCUT2D eigenvalue weighted by Gasteiger charge is -2.40. The van der Waals surface area contributed by atoms with Crippen molar-refractivity contribution < 1.29 is 4.79 Å². The monoisotopic (exact) mass is 356 g/mol. The number of hydrogen-bond donors (Lipinski definition) is 1. The Hall–Kier alpha value is -1.46. The lowest BCUT2D eigenvalue weighted by Crippen LogP contribution is -2.52. The molecule has 0 spiro atoms. The highest BCUT2D eigenvalue weighted by molar-refractivity contribution is 5.79. The van der Waals surface area contributed by atoms with E-state index in [4.69, 9.17) is 0 Å². The maximum atomic E-state index is 13.3. The molecule has 0 bridgehead atoms. The highest BCUT2D eigenvalue weighted by atomic mass is 16.2. The van der Waals surface area contributed by atoms with Crippen LogP contribution in [0.15, 0.2) is 24.5 Å². The third-order valence-corrected chi connectivity index (χ3v) is 6.37. The molecule has 26 heavy (non-hydrogen) atoms. The number of aromatic nitrogens is 1. The number of hydrogen-bond acceptors (Lipinski definition) is 4. The smallest absolute Gasteiger partial charge is 0.237 e. The number of piperazine rings is 1. The quantitative estimate of drug-likeness (QED) is 0.881. The van der Waals surface area contributed by atoms with E-state index in [1.807, 2.05) is 18.5 Å². The summed E-state index contributed by atoms with van der Waals surface area (Å²) in [5.74, 6) is 1.17. The summed E-state index contributed by atoms with van der Waals surface area (Å²) in [5.41, 5.74) is 1.21. The second-order valence-corrected chi connectivity index (χ2v) is 8.42. The van der Waals surface area contributed by atoms with Gasteiger partial charge >= 0.3 is 0 Å². The molecule has 1 N–H and O–H groups in total. The summed E-state index contributed by atoms with van der Waals surface area (Å²) in [6.07, 6.45) is 11.1. The number of nitrogens with zero attached hydrogens (tertiary/aromatic N) is 3. The van der Waals surface area contributed by atoms with Gasteiger partial charge in [0, 0.05) is 50.2 Å². The number of pyridine rings is 1. The molecule has 1 unspecified atom stereocenters. The zero-order valence-electron chi connectivity index (χ0n) is 15.9. The molecule has 5 heteroatoms. The van der Waals surface area contributed by atoms with E-state index in [0.29, 0.717) is 24.5 Å². The molecule has 1 aromatic heterocycles. The van der Waals surface area contributed by atoms with Crippen LogP contribution in [-0.4, -0.2) is 59.0 Å². The molecule has 5 nitrogen and oxygen atoms in total. The molecule has 0 radical (unpaired) electrons. The van der Waals surface area contributed by atoms with Gasteiger partial charge in [0.05, 0.1) is 6.54 Å². The maximum Gasteiger partial charge on any atom is 0.237 e. The number of amides is 1. The first-order valence-electron chi connectivity index (χ1n) is 10.4. The summed E-state index contributed by atoms with van der Waals surface area (Å²) >= 11 is 0. The summed E-state index contributed by atoms with van der Waals surface area (Å²) in [6.45, 7) is 5.66. The molecule has 0 aromatic carbocycles. The Morgan fingerprint density at radius 2 is 1.96 bits per heavy atom. The van der Waals surface area contributed by atoms with Crippen LogP contribution in [0.5, 0.6) is 0 Å². The third-order valence-electron chi connectivity index (χ3n) is 6.37. The molecule has 1 aliphatic heterocycles. The topological polar surface area (TPSA) is 48.5 Å². The van der Waals surface area contributed by atoms with Gasteiger partial charge in [0.2, 0.25) is 5.91 Å². The Labute approximate surface area is 157 Å². The zero-order chi connectivity index (χ0) is 17.9. The average Bonchev–Trinajstić information content (AvgIpc) is 3.50. The lowest BCUT2D eigenvalue weighted by molar-refractivity contribution is -0.137. The summed E-state index contributed by atoms with van der Waals surface area (Å²) in [7, 11) is 0. The van der Waals surface area contributed by atoms with Crippen molar-refractivity contribution in [3.8, 4) is 0 Å². The van der Waals surface area contributed by atoms with Gasteiger partial charge in [-0.25, -0.2) is 0 Å². The summed E-state index contributed by atoms with van der Waals surface area (Å²) in [5, 5.41) is 3.47. The Morgan fingerprint density at radius 1 is 1.23 bits per heavy atom. The normalized spacial score (nSPS) is 30.1. The fourth-order valence-electron chi connectivity index (χ4n) is 4.67. The van der Waals surface area contributed by atoms with Crippen molar-refractivity contribution in [1.82, 2.24) is 20.1 Å². The minimum atomic E-state index is 0.244. The van der Waals surface area contributed by atoms with Gasteiger partial charge in [-0.05, 0) is 56.1 Å². The number of rotatable bonds is 5. The van der Waals surface area contributed by atoms with Gasteiger partial charge in [0.15, 0.2) is 0 Å². The van der Waals surface area contributed by atoms with E-state index < -0.39 is 0 Å². The Bertz CT molecular complexity index is 595. The molecular formula is C21H32N4O. The van der Waals surface area contributed by atoms with Crippen molar-refractivity contribution >= 4 is 5.91 Å². The van der Waals surface area contributed by atoms with Gasteiger partial charge in [0.25, 0.3) is 0 Å². The van der Waals surface area contributed by atoms with Crippen LogP contribution in [0.3, 0.4) is 0 Å². The molecule has 1 atom stereocenters. The van der Waals surface area contributed by atoms with Gasteiger partial charge in [-0.2, -0.15) is 0 Å². The van der Waals surface area contributed by atoms with Crippen molar-refractivity contribution in [1.29, 1.82) is 0 Å². The largest absolute Gasteiger partial charge is 0.336 e. The fourth-order valence-corrected chi connectivity index (χ4v) is 4.67. The Morgan fingerprint density at radius 3 is 2.62 bits per heavy atom. The Kier molecular flexibility index (Phi) is 5.55. The van der Waals surface area contributed by atoms with Crippen molar-refractivity contribution in [2.75, 3.05) is 26.2 Å².